The summed E-state index contributed by atoms with van der Waals surface area (Å²) in [5, 5.41) is 11.4. The predicted octanol–water partition coefficient (Wildman–Crippen LogP) is 2.62. The van der Waals surface area contributed by atoms with Gasteiger partial charge >= 0.3 is 0 Å². The summed E-state index contributed by atoms with van der Waals surface area (Å²) in [4.78, 5) is 4.27. The summed E-state index contributed by atoms with van der Waals surface area (Å²) in [7, 11) is 0. The molecule has 4 aliphatic rings. The molecule has 0 radical (unpaired) electrons. The van der Waals surface area contributed by atoms with Crippen molar-refractivity contribution in [2.24, 2.45) is 23.7 Å². The molecule has 5 rings (SSSR count). The molecule has 3 heteroatoms. The van der Waals surface area contributed by atoms with Crippen molar-refractivity contribution in [3.8, 4) is 0 Å². The van der Waals surface area contributed by atoms with Gasteiger partial charge in [0.15, 0.2) is 0 Å². The highest BCUT2D eigenvalue weighted by Crippen LogP contribution is 2.62. The van der Waals surface area contributed by atoms with Crippen molar-refractivity contribution in [3.63, 3.8) is 0 Å². The van der Waals surface area contributed by atoms with E-state index in [0.29, 0.717) is 17.7 Å². The van der Waals surface area contributed by atoms with Gasteiger partial charge in [0, 0.05) is 11.8 Å². The molecule has 3 N–H and O–H groups in total. The Balaban J connectivity index is 1.82. The van der Waals surface area contributed by atoms with E-state index < -0.39 is 5.60 Å². The summed E-state index contributed by atoms with van der Waals surface area (Å²) >= 11 is 0. The van der Waals surface area contributed by atoms with Gasteiger partial charge in [-0.1, -0.05) is 0 Å². The van der Waals surface area contributed by atoms with Crippen molar-refractivity contribution in [1.82, 2.24) is 4.98 Å². The van der Waals surface area contributed by atoms with Gasteiger partial charge in [-0.15, -0.1) is 0 Å². The Kier molecular flexibility index (Phi) is 2.29. The number of nitrogens with two attached hydrogens (primary N) is 1. The second-order valence-electron chi connectivity index (χ2n) is 7.08. The third-order valence-electron chi connectivity index (χ3n) is 5.87. The number of aryl methyl sites for hydroxylation is 1. The Morgan fingerprint density at radius 1 is 1.16 bits per heavy atom. The van der Waals surface area contributed by atoms with Gasteiger partial charge in [-0.2, -0.15) is 0 Å². The molecule has 0 aliphatic heterocycles. The Morgan fingerprint density at radius 2 is 1.74 bits per heavy atom. The molecule has 0 aromatic carbocycles. The Labute approximate surface area is 114 Å². The number of pyridine rings is 1. The van der Waals surface area contributed by atoms with Crippen molar-refractivity contribution in [1.29, 1.82) is 0 Å². The van der Waals surface area contributed by atoms with Crippen LogP contribution in [0.1, 0.15) is 43.2 Å². The number of anilines is 1. The van der Waals surface area contributed by atoms with E-state index in [2.05, 4.69) is 11.1 Å². The van der Waals surface area contributed by atoms with Crippen LogP contribution >= 0.6 is 0 Å². The molecule has 1 aromatic heterocycles. The van der Waals surface area contributed by atoms with E-state index in [1.807, 2.05) is 6.92 Å². The Hall–Kier alpha value is -1.09. The van der Waals surface area contributed by atoms with Crippen molar-refractivity contribution >= 4 is 5.82 Å². The third kappa shape index (κ3) is 1.51. The second kappa shape index (κ2) is 3.72. The third-order valence-corrected chi connectivity index (χ3v) is 5.87. The molecule has 19 heavy (non-hydrogen) atoms. The number of aliphatic hydroxyl groups is 1. The molecule has 0 spiro atoms. The highest BCUT2D eigenvalue weighted by atomic mass is 16.3. The summed E-state index contributed by atoms with van der Waals surface area (Å²) in [5.41, 5.74) is 7.36. The van der Waals surface area contributed by atoms with Crippen LogP contribution in [0.3, 0.4) is 0 Å². The minimum atomic E-state index is -0.712. The lowest BCUT2D eigenvalue weighted by atomic mass is 9.48. The van der Waals surface area contributed by atoms with E-state index in [1.54, 1.807) is 6.20 Å². The number of hydrogen-bond donors (Lipinski definition) is 2. The molecule has 4 bridgehead atoms. The van der Waals surface area contributed by atoms with Gasteiger partial charge in [0.2, 0.25) is 0 Å². The van der Waals surface area contributed by atoms with Crippen LogP contribution in [0.25, 0.3) is 0 Å². The summed E-state index contributed by atoms with van der Waals surface area (Å²) in [6.45, 7) is 2.02. The lowest BCUT2D eigenvalue weighted by Crippen LogP contribution is -2.55. The standard InChI is InChI=1S/C16H22N2O/c1-9-2-14(15(17)18-8-9)16(19)12-4-10-3-11(6-12)7-13(16)5-10/h2,8,10-13,19H,3-7H2,1H3,(H2,17,18). The number of nitrogens with zero attached hydrogens (tertiary/aromatic N) is 1. The van der Waals surface area contributed by atoms with Gasteiger partial charge in [-0.3, -0.25) is 0 Å². The zero-order chi connectivity index (χ0) is 13.2. The van der Waals surface area contributed by atoms with Crippen molar-refractivity contribution in [2.45, 2.75) is 44.6 Å². The molecule has 0 amide bonds. The van der Waals surface area contributed by atoms with Gasteiger partial charge in [0.1, 0.15) is 5.82 Å². The minimum Gasteiger partial charge on any atom is -0.384 e. The fourth-order valence-corrected chi connectivity index (χ4v) is 5.24. The molecular weight excluding hydrogens is 236 g/mol. The molecule has 4 aliphatic carbocycles. The van der Waals surface area contributed by atoms with E-state index in [4.69, 9.17) is 5.73 Å². The first-order valence-electron chi connectivity index (χ1n) is 7.52. The van der Waals surface area contributed by atoms with Crippen LogP contribution < -0.4 is 5.73 Å². The highest BCUT2D eigenvalue weighted by Gasteiger charge is 2.57. The Morgan fingerprint density at radius 3 is 2.32 bits per heavy atom. The van der Waals surface area contributed by atoms with Crippen molar-refractivity contribution in [3.05, 3.63) is 23.4 Å². The van der Waals surface area contributed by atoms with E-state index in [1.165, 1.54) is 32.1 Å². The van der Waals surface area contributed by atoms with Crippen LogP contribution in [-0.2, 0) is 5.60 Å². The molecule has 102 valence electrons. The molecule has 1 aromatic rings. The topological polar surface area (TPSA) is 59.1 Å². The first-order chi connectivity index (χ1) is 9.07. The fraction of sp³-hybridized carbons (Fsp3) is 0.688. The van der Waals surface area contributed by atoms with Crippen LogP contribution in [0.15, 0.2) is 12.3 Å². The number of nitrogen functional groups attached to an aromatic ring is 1. The number of aromatic nitrogens is 1. The van der Waals surface area contributed by atoms with Crippen LogP contribution in [-0.4, -0.2) is 10.1 Å². The molecule has 0 saturated heterocycles. The smallest absolute Gasteiger partial charge is 0.129 e. The molecule has 4 fully saturated rings. The Bertz CT molecular complexity index is 497. The maximum Gasteiger partial charge on any atom is 0.129 e. The summed E-state index contributed by atoms with van der Waals surface area (Å²) in [6.07, 6.45) is 7.89. The molecule has 0 atom stereocenters. The second-order valence-corrected chi connectivity index (χ2v) is 7.08. The maximum absolute atomic E-state index is 11.4. The zero-order valence-corrected chi connectivity index (χ0v) is 11.5. The van der Waals surface area contributed by atoms with Crippen molar-refractivity contribution < 1.29 is 5.11 Å². The molecule has 4 saturated carbocycles. The molecule has 0 unspecified atom stereocenters. The van der Waals surface area contributed by atoms with Crippen LogP contribution in [0, 0.1) is 30.6 Å². The molecule has 1 heterocycles. The van der Waals surface area contributed by atoms with Crippen LogP contribution in [0.4, 0.5) is 5.82 Å². The average Bonchev–Trinajstić information content (AvgIpc) is 2.38. The van der Waals surface area contributed by atoms with Crippen LogP contribution in [0.5, 0.6) is 0 Å². The van der Waals surface area contributed by atoms with Crippen LogP contribution in [0.2, 0.25) is 0 Å². The maximum atomic E-state index is 11.4. The van der Waals surface area contributed by atoms with Gasteiger partial charge in [0.25, 0.3) is 0 Å². The first-order valence-corrected chi connectivity index (χ1v) is 7.52. The molecule has 3 nitrogen and oxygen atoms in total. The lowest BCUT2D eigenvalue weighted by molar-refractivity contribution is -0.179. The number of hydrogen-bond acceptors (Lipinski definition) is 3. The minimum absolute atomic E-state index is 0.398. The fourth-order valence-electron chi connectivity index (χ4n) is 5.24. The predicted molar refractivity (Wildman–Crippen MR) is 74.3 cm³/mol. The monoisotopic (exact) mass is 258 g/mol. The largest absolute Gasteiger partial charge is 0.384 e. The van der Waals surface area contributed by atoms with Gasteiger partial charge in [-0.25, -0.2) is 4.98 Å². The van der Waals surface area contributed by atoms with E-state index in [-0.39, 0.29) is 0 Å². The quantitative estimate of drug-likeness (QED) is 0.814. The first kappa shape index (κ1) is 11.7. The summed E-state index contributed by atoms with van der Waals surface area (Å²) < 4.78 is 0. The van der Waals surface area contributed by atoms with E-state index in [9.17, 15) is 5.11 Å². The number of rotatable bonds is 1. The van der Waals surface area contributed by atoms with E-state index >= 15 is 0 Å². The summed E-state index contributed by atoms with van der Waals surface area (Å²) in [6, 6.07) is 2.06. The van der Waals surface area contributed by atoms with Gasteiger partial charge in [-0.05, 0) is 74.3 Å². The average molecular weight is 258 g/mol. The van der Waals surface area contributed by atoms with Crippen molar-refractivity contribution in [2.75, 3.05) is 5.73 Å². The van der Waals surface area contributed by atoms with Gasteiger partial charge in [0.05, 0.1) is 5.60 Å². The zero-order valence-electron chi connectivity index (χ0n) is 11.5. The SMILES string of the molecule is Cc1cnc(N)c(C2(O)C3CC4CC(C3)CC2C4)c1. The molecular formula is C16H22N2O. The highest BCUT2D eigenvalue weighted by molar-refractivity contribution is 5.46. The van der Waals surface area contributed by atoms with E-state index in [0.717, 1.165) is 23.0 Å². The lowest BCUT2D eigenvalue weighted by Gasteiger charge is -2.59. The van der Waals surface area contributed by atoms with Gasteiger partial charge < -0.3 is 10.8 Å². The summed E-state index contributed by atoms with van der Waals surface area (Å²) in [5.74, 6) is 3.02. The normalized spacial score (nSPS) is 43.7.